The highest BCUT2D eigenvalue weighted by atomic mass is 35.5. The molecule has 9 heteroatoms. The molecule has 0 radical (unpaired) electrons. The van der Waals surface area contributed by atoms with E-state index < -0.39 is 36.5 Å². The van der Waals surface area contributed by atoms with Gasteiger partial charge in [0.2, 0.25) is 0 Å². The van der Waals surface area contributed by atoms with Crippen molar-refractivity contribution in [2.45, 2.75) is 56.9 Å². The second kappa shape index (κ2) is 13.1. The van der Waals surface area contributed by atoms with Gasteiger partial charge in [-0.1, -0.05) is 35.7 Å². The first kappa shape index (κ1) is 27.9. The van der Waals surface area contributed by atoms with Crippen molar-refractivity contribution in [3.63, 3.8) is 0 Å². The predicted octanol–water partition coefficient (Wildman–Crippen LogP) is 2.57. The van der Waals surface area contributed by atoms with Crippen LogP contribution in [0.25, 0.3) is 0 Å². The fourth-order valence-corrected chi connectivity index (χ4v) is 4.39. The molecule has 0 aromatic heterocycles. The zero-order chi connectivity index (χ0) is 26.2. The van der Waals surface area contributed by atoms with Gasteiger partial charge in [0, 0.05) is 5.02 Å². The van der Waals surface area contributed by atoms with E-state index in [0.717, 1.165) is 16.9 Å². The molecule has 5 atom stereocenters. The van der Waals surface area contributed by atoms with Crippen molar-refractivity contribution in [1.29, 1.82) is 0 Å². The Morgan fingerprint density at radius 1 is 1.11 bits per heavy atom. The maximum atomic E-state index is 11.8. The van der Waals surface area contributed by atoms with Gasteiger partial charge in [-0.25, -0.2) is 0 Å². The zero-order valence-corrected chi connectivity index (χ0v) is 21.0. The Hall–Kier alpha value is -2.64. The van der Waals surface area contributed by atoms with Crippen LogP contribution in [0.15, 0.2) is 36.4 Å². The molecule has 194 valence electrons. The molecule has 0 bridgehead atoms. The molecule has 2 aromatic carbocycles. The fraction of sp³-hybridized carbons (Fsp3) is 0.444. The first-order valence-electron chi connectivity index (χ1n) is 11.6. The van der Waals surface area contributed by atoms with Crippen molar-refractivity contribution in [1.82, 2.24) is 0 Å². The second-order valence-electron chi connectivity index (χ2n) is 8.44. The Morgan fingerprint density at radius 2 is 1.83 bits per heavy atom. The summed E-state index contributed by atoms with van der Waals surface area (Å²) in [5.41, 5.74) is 2.82. The minimum atomic E-state index is -1.55. The summed E-state index contributed by atoms with van der Waals surface area (Å²) < 4.78 is 21.6. The third-order valence-corrected chi connectivity index (χ3v) is 6.35. The van der Waals surface area contributed by atoms with Crippen molar-refractivity contribution in [2.24, 2.45) is 0 Å². The van der Waals surface area contributed by atoms with E-state index in [4.69, 9.17) is 32.2 Å². The van der Waals surface area contributed by atoms with Gasteiger partial charge in [-0.3, -0.25) is 4.79 Å². The highest BCUT2D eigenvalue weighted by molar-refractivity contribution is 6.31. The highest BCUT2D eigenvalue weighted by Gasteiger charge is 2.45. The number of carbonyl (C=O) groups is 1. The summed E-state index contributed by atoms with van der Waals surface area (Å²) in [6.45, 7) is 2.62. The number of hydrogen-bond donors (Lipinski definition) is 3. The number of methoxy groups -OCH3 is 1. The minimum absolute atomic E-state index is 0.0609. The van der Waals surface area contributed by atoms with Gasteiger partial charge < -0.3 is 34.3 Å². The number of carbonyl (C=O) groups excluding carboxylic acids is 1. The van der Waals surface area contributed by atoms with Crippen LogP contribution in [0, 0.1) is 12.3 Å². The lowest BCUT2D eigenvalue weighted by Crippen LogP contribution is -2.54. The normalized spacial score (nSPS) is 23.6. The Balaban J connectivity index is 1.97. The van der Waals surface area contributed by atoms with Crippen LogP contribution in [0.2, 0.25) is 5.02 Å². The molecule has 0 spiro atoms. The summed E-state index contributed by atoms with van der Waals surface area (Å²) >= 11 is 6.61. The summed E-state index contributed by atoms with van der Waals surface area (Å²) in [5, 5.41) is 32.2. The fourth-order valence-electron chi connectivity index (χ4n) is 4.14. The molecule has 1 aliphatic rings. The van der Waals surface area contributed by atoms with Crippen LogP contribution in [0.4, 0.5) is 0 Å². The smallest absolute Gasteiger partial charge is 0.308 e. The van der Waals surface area contributed by atoms with Crippen molar-refractivity contribution in [3.05, 3.63) is 63.7 Å². The largest absolute Gasteiger partial charge is 0.494 e. The topological polar surface area (TPSA) is 115 Å². The Morgan fingerprint density at radius 3 is 2.47 bits per heavy atom. The predicted molar refractivity (Wildman–Crippen MR) is 133 cm³/mol. The number of aliphatic hydroxyl groups excluding tert-OH is 3. The molecule has 0 aliphatic carbocycles. The quantitative estimate of drug-likeness (QED) is 0.250. The van der Waals surface area contributed by atoms with Crippen LogP contribution >= 0.6 is 11.6 Å². The summed E-state index contributed by atoms with van der Waals surface area (Å²) in [7, 11) is 1.22. The number of esters is 1. The molecule has 0 amide bonds. The van der Waals surface area contributed by atoms with Gasteiger partial charge in [-0.15, -0.1) is 6.42 Å². The molecule has 3 rings (SSSR count). The van der Waals surface area contributed by atoms with Crippen molar-refractivity contribution in [3.8, 4) is 18.1 Å². The first-order valence-corrected chi connectivity index (χ1v) is 12.0. The van der Waals surface area contributed by atoms with Gasteiger partial charge in [0.25, 0.3) is 0 Å². The molecule has 1 saturated heterocycles. The Bertz CT molecular complexity index is 1060. The molecule has 2 aromatic rings. The number of benzene rings is 2. The number of terminal acetylenes is 1. The molecule has 3 N–H and O–H groups in total. The summed E-state index contributed by atoms with van der Waals surface area (Å²) in [5.74, 6) is 2.54. The van der Waals surface area contributed by atoms with E-state index >= 15 is 0 Å². The van der Waals surface area contributed by atoms with Crippen LogP contribution in [0.5, 0.6) is 5.75 Å². The first-order chi connectivity index (χ1) is 17.3. The van der Waals surface area contributed by atoms with Gasteiger partial charge in [0.1, 0.15) is 36.8 Å². The van der Waals surface area contributed by atoms with E-state index in [2.05, 4.69) is 10.7 Å². The highest BCUT2D eigenvalue weighted by Crippen LogP contribution is 2.38. The van der Waals surface area contributed by atoms with Gasteiger partial charge in [-0.2, -0.15) is 0 Å². The maximum Gasteiger partial charge on any atom is 0.308 e. The second-order valence-corrected chi connectivity index (χ2v) is 8.85. The van der Waals surface area contributed by atoms with Gasteiger partial charge in [-0.05, 0) is 53.8 Å². The number of halogens is 1. The number of hydrogen-bond acceptors (Lipinski definition) is 8. The number of rotatable bonds is 10. The van der Waals surface area contributed by atoms with Crippen LogP contribution in [0.1, 0.15) is 41.7 Å². The monoisotopic (exact) mass is 518 g/mol. The standard InChI is InChI=1S/C27H31ClO8/c1-4-10-34-15-18-13-21(28)17(11-16-6-8-19(9-7-16)35-5-2)12-20(18)27-26(32)25(31)24(30)22(36-27)14-23(29)33-3/h1,6-9,12-13,22,24-27,30-32H,5,10-11,14-15H2,2-3H3/t22-,24-,25-,26-,27+/m1/s1. The molecule has 1 heterocycles. The van der Waals surface area contributed by atoms with E-state index in [-0.39, 0.29) is 19.6 Å². The van der Waals surface area contributed by atoms with Crippen molar-refractivity contribution in [2.75, 3.05) is 20.3 Å². The van der Waals surface area contributed by atoms with Gasteiger partial charge in [0.15, 0.2) is 0 Å². The lowest BCUT2D eigenvalue weighted by molar-refractivity contribution is -0.227. The molecular formula is C27H31ClO8. The molecule has 36 heavy (non-hydrogen) atoms. The van der Waals surface area contributed by atoms with E-state index in [1.165, 1.54) is 7.11 Å². The van der Waals surface area contributed by atoms with Gasteiger partial charge >= 0.3 is 5.97 Å². The maximum absolute atomic E-state index is 11.8. The van der Waals surface area contributed by atoms with Crippen molar-refractivity contribution >= 4 is 17.6 Å². The Kier molecular flexibility index (Phi) is 10.1. The van der Waals surface area contributed by atoms with Crippen LogP contribution in [-0.2, 0) is 32.0 Å². The molecule has 1 fully saturated rings. The zero-order valence-electron chi connectivity index (χ0n) is 20.2. The average molecular weight is 519 g/mol. The number of aliphatic hydroxyl groups is 3. The molecular weight excluding hydrogens is 488 g/mol. The average Bonchev–Trinajstić information content (AvgIpc) is 2.87. The minimum Gasteiger partial charge on any atom is -0.494 e. The third-order valence-electron chi connectivity index (χ3n) is 5.99. The Labute approximate surface area is 215 Å². The lowest BCUT2D eigenvalue weighted by Gasteiger charge is -2.41. The van der Waals surface area contributed by atoms with E-state index in [9.17, 15) is 20.1 Å². The van der Waals surface area contributed by atoms with Crippen LogP contribution in [0.3, 0.4) is 0 Å². The summed E-state index contributed by atoms with van der Waals surface area (Å²) in [6.07, 6.45) is -1.19. The van der Waals surface area contributed by atoms with E-state index in [1.54, 1.807) is 12.1 Å². The third kappa shape index (κ3) is 6.77. The van der Waals surface area contributed by atoms with E-state index in [1.807, 2.05) is 31.2 Å². The molecule has 1 aliphatic heterocycles. The SMILES string of the molecule is C#CCOCc1cc(Cl)c(Cc2ccc(OCC)cc2)cc1[C@@H]1O[C@H](CC(=O)OC)[C@@H](O)[C@@H](O)[C@H]1O. The van der Waals surface area contributed by atoms with Crippen molar-refractivity contribution < 1.29 is 39.1 Å². The molecule has 8 nitrogen and oxygen atoms in total. The number of ether oxygens (including phenoxy) is 4. The summed E-state index contributed by atoms with van der Waals surface area (Å²) in [4.78, 5) is 11.8. The van der Waals surface area contributed by atoms with Gasteiger partial charge in [0.05, 0.1) is 32.8 Å². The molecule has 0 unspecified atom stereocenters. The summed E-state index contributed by atoms with van der Waals surface area (Å²) in [6, 6.07) is 11.1. The lowest BCUT2D eigenvalue weighted by atomic mass is 9.87. The van der Waals surface area contributed by atoms with Crippen LogP contribution in [-0.4, -0.2) is 66.0 Å². The van der Waals surface area contributed by atoms with Crippen LogP contribution < -0.4 is 4.74 Å². The van der Waals surface area contributed by atoms with E-state index in [0.29, 0.717) is 29.2 Å². The molecule has 0 saturated carbocycles.